The zero-order valence-corrected chi connectivity index (χ0v) is 10.1. The first kappa shape index (κ1) is 10.7. The third-order valence-electron chi connectivity index (χ3n) is 4.48. The van der Waals surface area contributed by atoms with Crippen LogP contribution >= 0.6 is 0 Å². The topological polar surface area (TPSA) is 66.5 Å². The van der Waals surface area contributed by atoms with Crippen molar-refractivity contribution in [3.05, 3.63) is 0 Å². The monoisotopic (exact) mass is 236 g/mol. The molecule has 4 amide bonds. The Morgan fingerprint density at radius 2 is 1.82 bits per heavy atom. The summed E-state index contributed by atoms with van der Waals surface area (Å²) in [7, 11) is 0. The molecule has 0 radical (unpaired) electrons. The minimum absolute atomic E-state index is 0.00166. The summed E-state index contributed by atoms with van der Waals surface area (Å²) in [6.45, 7) is 4.06. The molecule has 5 nitrogen and oxygen atoms in total. The molecule has 5 heteroatoms. The van der Waals surface area contributed by atoms with Crippen LogP contribution in [0.3, 0.4) is 0 Å². The highest BCUT2D eigenvalue weighted by atomic mass is 16.2. The van der Waals surface area contributed by atoms with E-state index in [1.54, 1.807) is 0 Å². The van der Waals surface area contributed by atoms with Gasteiger partial charge in [0.15, 0.2) is 0 Å². The van der Waals surface area contributed by atoms with Gasteiger partial charge in [-0.15, -0.1) is 0 Å². The summed E-state index contributed by atoms with van der Waals surface area (Å²) in [6, 6.07) is -0.575. The van der Waals surface area contributed by atoms with Gasteiger partial charge in [-0.05, 0) is 24.7 Å². The van der Waals surface area contributed by atoms with E-state index >= 15 is 0 Å². The van der Waals surface area contributed by atoms with Gasteiger partial charge in [0.2, 0.25) is 11.8 Å². The maximum atomic E-state index is 12.4. The molecular formula is C12H16N2O3. The summed E-state index contributed by atoms with van der Waals surface area (Å²) in [5, 5.41) is 2.34. The molecule has 92 valence electrons. The van der Waals surface area contributed by atoms with Crippen molar-refractivity contribution in [1.82, 2.24) is 10.2 Å². The number of nitrogens with zero attached hydrogens (tertiary/aromatic N) is 1. The van der Waals surface area contributed by atoms with Crippen molar-refractivity contribution < 1.29 is 14.4 Å². The molecule has 3 aliphatic rings. The van der Waals surface area contributed by atoms with Gasteiger partial charge in [0.25, 0.3) is 0 Å². The van der Waals surface area contributed by atoms with Crippen LogP contribution < -0.4 is 5.32 Å². The lowest BCUT2D eigenvalue weighted by Gasteiger charge is -2.45. The lowest BCUT2D eigenvalue weighted by molar-refractivity contribution is -0.158. The highest BCUT2D eigenvalue weighted by Gasteiger charge is 2.63. The van der Waals surface area contributed by atoms with Crippen molar-refractivity contribution in [3.8, 4) is 0 Å². The minimum atomic E-state index is -0.924. The van der Waals surface area contributed by atoms with Gasteiger partial charge in [0.05, 0.1) is 0 Å². The van der Waals surface area contributed by atoms with Gasteiger partial charge in [-0.3, -0.25) is 19.8 Å². The zero-order valence-electron chi connectivity index (χ0n) is 10.1. The predicted octanol–water partition coefficient (Wildman–Crippen LogP) is 1.03. The summed E-state index contributed by atoms with van der Waals surface area (Å²) < 4.78 is 0. The molecule has 1 atom stereocenters. The number of imide groups is 2. The van der Waals surface area contributed by atoms with Crippen molar-refractivity contribution in [2.45, 2.75) is 45.6 Å². The number of urea groups is 1. The standard InChI is InChI=1S/C12H16N2O3/c1-11(2)6-7(11)14-9(16)12(4-3-5-12)8(15)13-10(14)17/h7H,3-6H2,1-2H3,(H,13,15,17). The summed E-state index contributed by atoms with van der Waals surface area (Å²) in [5.41, 5.74) is -0.926. The van der Waals surface area contributed by atoms with Crippen LogP contribution in [0.1, 0.15) is 39.5 Å². The van der Waals surface area contributed by atoms with Crippen LogP contribution in [0.4, 0.5) is 4.79 Å². The van der Waals surface area contributed by atoms with E-state index in [1.165, 1.54) is 4.90 Å². The summed E-state index contributed by atoms with van der Waals surface area (Å²) >= 11 is 0. The molecule has 0 aromatic heterocycles. The Labute approximate surface area is 99.5 Å². The molecule has 1 unspecified atom stereocenters. The van der Waals surface area contributed by atoms with Crippen LogP contribution in [0.5, 0.6) is 0 Å². The largest absolute Gasteiger partial charge is 0.331 e. The first-order valence-corrected chi connectivity index (χ1v) is 6.08. The fraction of sp³-hybridized carbons (Fsp3) is 0.750. The van der Waals surface area contributed by atoms with Gasteiger partial charge in [0.1, 0.15) is 5.41 Å². The Hall–Kier alpha value is -1.39. The second kappa shape index (κ2) is 2.89. The molecule has 17 heavy (non-hydrogen) atoms. The van der Waals surface area contributed by atoms with E-state index in [0.717, 1.165) is 12.8 Å². The fourth-order valence-electron chi connectivity index (χ4n) is 2.83. The van der Waals surface area contributed by atoms with E-state index in [1.807, 2.05) is 13.8 Å². The van der Waals surface area contributed by atoms with E-state index in [9.17, 15) is 14.4 Å². The van der Waals surface area contributed by atoms with E-state index in [-0.39, 0.29) is 17.4 Å². The molecule has 1 N–H and O–H groups in total. The molecule has 2 saturated carbocycles. The van der Waals surface area contributed by atoms with Crippen molar-refractivity contribution in [2.75, 3.05) is 0 Å². The van der Waals surface area contributed by atoms with Crippen LogP contribution in [-0.2, 0) is 9.59 Å². The number of amides is 4. The number of barbiturate groups is 1. The molecule has 3 rings (SSSR count). The smallest absolute Gasteiger partial charge is 0.277 e. The van der Waals surface area contributed by atoms with Crippen molar-refractivity contribution in [3.63, 3.8) is 0 Å². The second-order valence-electron chi connectivity index (χ2n) is 6.08. The lowest BCUT2D eigenvalue weighted by Crippen LogP contribution is -2.66. The summed E-state index contributed by atoms with van der Waals surface area (Å²) in [4.78, 5) is 37.2. The van der Waals surface area contributed by atoms with E-state index in [2.05, 4.69) is 5.32 Å². The molecule has 0 aromatic rings. The Kier molecular flexibility index (Phi) is 1.83. The van der Waals surface area contributed by atoms with Gasteiger partial charge in [-0.2, -0.15) is 0 Å². The predicted molar refractivity (Wildman–Crippen MR) is 58.9 cm³/mol. The molecule has 1 heterocycles. The third kappa shape index (κ3) is 1.22. The Morgan fingerprint density at radius 1 is 1.24 bits per heavy atom. The lowest BCUT2D eigenvalue weighted by atomic mass is 9.66. The van der Waals surface area contributed by atoms with Crippen LogP contribution in [-0.4, -0.2) is 28.8 Å². The minimum Gasteiger partial charge on any atom is -0.277 e. The number of hydrogen-bond donors (Lipinski definition) is 1. The highest BCUT2D eigenvalue weighted by molar-refractivity contribution is 6.20. The number of hydrogen-bond acceptors (Lipinski definition) is 3. The van der Waals surface area contributed by atoms with Gasteiger partial charge in [-0.25, -0.2) is 4.79 Å². The molecule has 2 aliphatic carbocycles. The molecular weight excluding hydrogens is 220 g/mol. The second-order valence-corrected chi connectivity index (χ2v) is 6.08. The average molecular weight is 236 g/mol. The number of carbonyl (C=O) groups is 3. The quantitative estimate of drug-likeness (QED) is 0.691. The van der Waals surface area contributed by atoms with E-state index in [0.29, 0.717) is 12.8 Å². The summed E-state index contributed by atoms with van der Waals surface area (Å²) in [5.74, 6) is -0.665. The first-order chi connectivity index (χ1) is 7.88. The number of nitrogens with one attached hydrogen (secondary N) is 1. The maximum Gasteiger partial charge on any atom is 0.331 e. The molecule has 0 aromatic carbocycles. The van der Waals surface area contributed by atoms with Crippen molar-refractivity contribution >= 4 is 17.8 Å². The molecule has 3 fully saturated rings. The van der Waals surface area contributed by atoms with Gasteiger partial charge >= 0.3 is 6.03 Å². The van der Waals surface area contributed by atoms with E-state index < -0.39 is 17.4 Å². The SMILES string of the molecule is CC1(C)CC1N1C(=O)NC(=O)C2(CCC2)C1=O. The van der Waals surface area contributed by atoms with Crippen LogP contribution in [0.25, 0.3) is 0 Å². The molecule has 1 spiro atoms. The first-order valence-electron chi connectivity index (χ1n) is 6.08. The molecule has 0 bridgehead atoms. The highest BCUT2D eigenvalue weighted by Crippen LogP contribution is 2.52. The normalized spacial score (nSPS) is 33.4. The van der Waals surface area contributed by atoms with Crippen molar-refractivity contribution in [2.24, 2.45) is 10.8 Å². The summed E-state index contributed by atoms with van der Waals surface area (Å²) in [6.07, 6.45) is 2.87. The van der Waals surface area contributed by atoms with Gasteiger partial charge in [0, 0.05) is 6.04 Å². The van der Waals surface area contributed by atoms with Crippen LogP contribution in [0.15, 0.2) is 0 Å². The fourth-order valence-corrected chi connectivity index (χ4v) is 2.83. The van der Waals surface area contributed by atoms with Gasteiger partial charge < -0.3 is 0 Å². The number of carbonyl (C=O) groups excluding carboxylic acids is 3. The van der Waals surface area contributed by atoms with Crippen LogP contribution in [0.2, 0.25) is 0 Å². The Bertz CT molecular complexity index is 437. The number of rotatable bonds is 1. The van der Waals surface area contributed by atoms with Crippen molar-refractivity contribution in [1.29, 1.82) is 0 Å². The molecule has 1 aliphatic heterocycles. The average Bonchev–Trinajstić information content (AvgIpc) is 2.71. The maximum absolute atomic E-state index is 12.4. The van der Waals surface area contributed by atoms with Gasteiger partial charge in [-0.1, -0.05) is 20.3 Å². The Morgan fingerprint density at radius 3 is 2.24 bits per heavy atom. The van der Waals surface area contributed by atoms with E-state index in [4.69, 9.17) is 0 Å². The van der Waals surface area contributed by atoms with Crippen LogP contribution in [0, 0.1) is 10.8 Å². The molecule has 1 saturated heterocycles. The Balaban J connectivity index is 1.92. The third-order valence-corrected chi connectivity index (χ3v) is 4.48. The zero-order chi connectivity index (χ0) is 12.4.